The largest absolute Gasteiger partial charge is 2.00 e. The Morgan fingerprint density at radius 1 is 1.61 bits per heavy atom. The third-order valence-corrected chi connectivity index (χ3v) is 1.92. The quantitative estimate of drug-likeness (QED) is 0.180. The van der Waals surface area contributed by atoms with Crippen LogP contribution in [-0.2, 0) is 21.9 Å². The van der Waals surface area contributed by atoms with Crippen molar-refractivity contribution in [3.8, 4) is 0 Å². The van der Waals surface area contributed by atoms with Gasteiger partial charge < -0.3 is 37.6 Å². The molecule has 0 aliphatic rings. The van der Waals surface area contributed by atoms with Crippen LogP contribution in [0, 0.1) is 5.41 Å². The van der Waals surface area contributed by atoms with Gasteiger partial charge in [0, 0.05) is 0 Å². The molecule has 0 aliphatic heterocycles. The second-order valence-electron chi connectivity index (χ2n) is 3.42. The molecule has 8 nitrogen and oxygen atoms in total. The van der Waals surface area contributed by atoms with Crippen LogP contribution in [0.5, 0.6) is 0 Å². The van der Waals surface area contributed by atoms with Crippen molar-refractivity contribution in [3.63, 3.8) is 0 Å². The summed E-state index contributed by atoms with van der Waals surface area (Å²) in [7, 11) is 1.61. The smallest absolute Gasteiger partial charge is 0.861 e. The first kappa shape index (κ1) is 19.0. The fraction of sp³-hybridized carbons (Fsp3) is 0.667. The number of nitrogens with zero attached hydrogens (tertiary/aromatic N) is 1. The summed E-state index contributed by atoms with van der Waals surface area (Å²) in [4.78, 5) is 14.8. The van der Waals surface area contributed by atoms with Gasteiger partial charge in [-0.1, -0.05) is 0 Å². The Labute approximate surface area is 117 Å². The predicted octanol–water partition coefficient (Wildman–Crippen LogP) is -1.83. The number of aliphatic imine (C=N–C) groups is 1. The maximum atomic E-state index is 11.2. The van der Waals surface area contributed by atoms with E-state index in [9.17, 15) is 9.90 Å². The van der Waals surface area contributed by atoms with Crippen molar-refractivity contribution in [2.45, 2.75) is 18.9 Å². The second-order valence-corrected chi connectivity index (χ2v) is 3.42. The number of rotatable bonds is 8. The van der Waals surface area contributed by atoms with E-state index >= 15 is 0 Å². The first-order chi connectivity index (χ1) is 7.97. The van der Waals surface area contributed by atoms with Gasteiger partial charge in [0.05, 0.1) is 12.6 Å². The van der Waals surface area contributed by atoms with Gasteiger partial charge in [-0.2, -0.15) is 0 Å². The number of likely N-dealkylation sites (N-methyl/N-ethyl adjacent to an activating group) is 1. The van der Waals surface area contributed by atoms with Gasteiger partial charge in [-0.3, -0.25) is 4.79 Å². The van der Waals surface area contributed by atoms with Crippen LogP contribution >= 0.6 is 0 Å². The van der Waals surface area contributed by atoms with Gasteiger partial charge in [-0.25, -0.2) is 0 Å². The van der Waals surface area contributed by atoms with E-state index in [2.05, 4.69) is 15.6 Å². The Bertz CT molecular complexity index is 293. The average Bonchev–Trinajstić information content (AvgIpc) is 2.22. The van der Waals surface area contributed by atoms with Gasteiger partial charge in [-0.05, 0) is 38.3 Å². The van der Waals surface area contributed by atoms with E-state index in [-0.39, 0.29) is 35.5 Å². The number of hydrogen-bond donors (Lipinski definition) is 4. The minimum atomic E-state index is -0.836. The molecule has 0 heterocycles. The van der Waals surface area contributed by atoms with E-state index in [1.165, 1.54) is 0 Å². The van der Waals surface area contributed by atoms with Gasteiger partial charge in [0.1, 0.15) is 0 Å². The number of nitrogens with two attached hydrogens (primary N) is 1. The fourth-order valence-corrected chi connectivity index (χ4v) is 1.17. The van der Waals surface area contributed by atoms with Crippen LogP contribution in [0.25, 0.3) is 5.73 Å². The predicted molar refractivity (Wildman–Crippen MR) is 63.6 cm³/mol. The van der Waals surface area contributed by atoms with Crippen LogP contribution in [-0.4, -0.2) is 43.9 Å². The summed E-state index contributed by atoms with van der Waals surface area (Å²) in [6, 6.07) is -0.821. The standard InChI is InChI=1S/C9H20N6O2.Cu/c1-13-5-7(16)15-6(8(10)17)3-2-4-14-9(11)12;/h6,13H,2-5H2,1H3,(H7,10,11,12,14,15,16,17);/q;+2/p-2. The Balaban J connectivity index is 0. The van der Waals surface area contributed by atoms with E-state index in [4.69, 9.17) is 16.9 Å². The molecule has 0 aromatic heterocycles. The van der Waals surface area contributed by atoms with Crippen LogP contribution in [0.3, 0.4) is 0 Å². The first-order valence-electron chi connectivity index (χ1n) is 5.18. The topological polar surface area (TPSA) is 150 Å². The summed E-state index contributed by atoms with van der Waals surface area (Å²) in [5, 5.41) is 23.0. The summed E-state index contributed by atoms with van der Waals surface area (Å²) in [5.74, 6) is -1.43. The molecule has 0 aromatic rings. The van der Waals surface area contributed by atoms with Crippen LogP contribution in [0.4, 0.5) is 0 Å². The number of nitrogens with one attached hydrogen (secondary N) is 4. The van der Waals surface area contributed by atoms with Gasteiger partial charge >= 0.3 is 17.1 Å². The van der Waals surface area contributed by atoms with Gasteiger partial charge in [0.25, 0.3) is 0 Å². The van der Waals surface area contributed by atoms with Crippen LogP contribution in [0.2, 0.25) is 0 Å². The van der Waals surface area contributed by atoms with Gasteiger partial charge in [-0.15, -0.1) is 0 Å². The number of amides is 1. The molecular formula is C9H18CuN6O2. The normalized spacial score (nSPS) is 12.4. The van der Waals surface area contributed by atoms with Crippen molar-refractivity contribution in [1.29, 1.82) is 5.41 Å². The van der Waals surface area contributed by atoms with Crippen molar-refractivity contribution < 1.29 is 27.0 Å². The SMILES string of the molecule is CNCC(=O)NC(CCCN=C([NH-])N)C(=N)[O-].[Cu+2]. The fourth-order valence-electron chi connectivity index (χ4n) is 1.17. The van der Waals surface area contributed by atoms with Gasteiger partial charge in [0.15, 0.2) is 0 Å². The van der Waals surface area contributed by atoms with Crippen molar-refractivity contribution in [1.82, 2.24) is 10.6 Å². The molecule has 0 aliphatic carbocycles. The molecule has 18 heavy (non-hydrogen) atoms. The van der Waals surface area contributed by atoms with Crippen LogP contribution in [0.1, 0.15) is 12.8 Å². The zero-order valence-electron chi connectivity index (χ0n) is 10.0. The van der Waals surface area contributed by atoms with E-state index < -0.39 is 11.9 Å². The van der Waals surface area contributed by atoms with E-state index in [0.717, 1.165) is 0 Å². The zero-order chi connectivity index (χ0) is 13.3. The molecule has 6 N–H and O–H groups in total. The molecular weight excluding hydrogens is 288 g/mol. The Kier molecular flexibility index (Phi) is 11.4. The molecule has 0 saturated heterocycles. The molecule has 0 bridgehead atoms. The summed E-state index contributed by atoms with van der Waals surface area (Å²) in [5.41, 5.74) is 11.9. The Morgan fingerprint density at radius 2 is 2.22 bits per heavy atom. The third-order valence-electron chi connectivity index (χ3n) is 1.92. The number of hydrogen-bond acceptors (Lipinski definition) is 5. The molecule has 107 valence electrons. The Hall–Kier alpha value is -1.31. The van der Waals surface area contributed by atoms with Crippen molar-refractivity contribution >= 4 is 17.8 Å². The van der Waals surface area contributed by atoms with Crippen molar-refractivity contribution in [3.05, 3.63) is 5.73 Å². The molecule has 1 atom stereocenters. The Morgan fingerprint density at radius 3 is 2.67 bits per heavy atom. The molecule has 9 heteroatoms. The molecule has 1 radical (unpaired) electrons. The minimum absolute atomic E-state index is 0. The zero-order valence-corrected chi connectivity index (χ0v) is 11.0. The summed E-state index contributed by atoms with van der Waals surface area (Å²) < 4.78 is 0. The molecule has 0 aromatic carbocycles. The molecule has 0 rings (SSSR count). The second kappa shape index (κ2) is 10.8. The number of carbonyl (C=O) groups excluding carboxylic acids is 1. The van der Waals surface area contributed by atoms with Crippen molar-refractivity contribution in [2.24, 2.45) is 10.7 Å². The minimum Gasteiger partial charge on any atom is -0.861 e. The molecule has 0 spiro atoms. The molecule has 0 fully saturated rings. The van der Waals surface area contributed by atoms with Crippen LogP contribution in [0.15, 0.2) is 4.99 Å². The third kappa shape index (κ3) is 9.88. The maximum Gasteiger partial charge on any atom is 2.00 e. The van der Waals surface area contributed by atoms with Crippen molar-refractivity contribution in [2.75, 3.05) is 20.1 Å². The summed E-state index contributed by atoms with van der Waals surface area (Å²) >= 11 is 0. The van der Waals surface area contributed by atoms with E-state index in [0.29, 0.717) is 19.4 Å². The number of guanidine groups is 1. The molecule has 1 unspecified atom stereocenters. The number of carbonyl (C=O) groups is 1. The first-order valence-corrected chi connectivity index (χ1v) is 5.18. The summed E-state index contributed by atoms with van der Waals surface area (Å²) in [6.45, 7) is 0.405. The maximum absolute atomic E-state index is 11.2. The molecule has 1 amide bonds. The summed E-state index contributed by atoms with van der Waals surface area (Å²) in [6.07, 6.45) is 0.795. The van der Waals surface area contributed by atoms with Crippen LogP contribution < -0.4 is 21.5 Å². The van der Waals surface area contributed by atoms with E-state index in [1.807, 2.05) is 0 Å². The average molecular weight is 306 g/mol. The monoisotopic (exact) mass is 305 g/mol. The molecule has 0 saturated carbocycles. The van der Waals surface area contributed by atoms with E-state index in [1.54, 1.807) is 7.05 Å². The van der Waals surface area contributed by atoms with Gasteiger partial charge in [0.2, 0.25) is 5.91 Å².